The number of carbonyl (C=O) groups is 4. The van der Waals surface area contributed by atoms with Gasteiger partial charge in [-0.05, 0) is 42.8 Å². The zero-order chi connectivity index (χ0) is 24.8. The van der Waals surface area contributed by atoms with Crippen LogP contribution in [-0.2, 0) is 25.6 Å². The van der Waals surface area contributed by atoms with Crippen LogP contribution in [0.2, 0.25) is 5.02 Å². The van der Waals surface area contributed by atoms with E-state index >= 15 is 0 Å². The standard InChI is InChI=1S/C22H21ClN2O9/c1-4-32-17-9-12(7-14(23)19(17)33-11-18(26)30-2)8-15-20(27)25(22(29)24-15)10-13-5-6-16(34-13)21(28)31-3/h5-9H,4,10-11H2,1-3H3,(H,24,29). The first-order chi connectivity index (χ1) is 16.3. The number of hydrogen-bond donors (Lipinski definition) is 1. The Morgan fingerprint density at radius 3 is 2.59 bits per heavy atom. The van der Waals surface area contributed by atoms with Crippen LogP contribution in [0.3, 0.4) is 0 Å². The predicted octanol–water partition coefficient (Wildman–Crippen LogP) is 2.76. The Hall–Kier alpha value is -3.99. The average molecular weight is 493 g/mol. The Balaban J connectivity index is 1.81. The fourth-order valence-electron chi connectivity index (χ4n) is 2.98. The number of nitrogens with one attached hydrogen (secondary N) is 1. The van der Waals surface area contributed by atoms with Crippen molar-refractivity contribution in [3.8, 4) is 11.5 Å². The van der Waals surface area contributed by atoms with Crippen molar-refractivity contribution in [1.29, 1.82) is 0 Å². The van der Waals surface area contributed by atoms with Crippen LogP contribution in [0.5, 0.6) is 11.5 Å². The predicted molar refractivity (Wildman–Crippen MR) is 117 cm³/mol. The fraction of sp³-hybridized carbons (Fsp3) is 0.273. The monoisotopic (exact) mass is 492 g/mol. The van der Waals surface area contributed by atoms with Gasteiger partial charge >= 0.3 is 18.0 Å². The number of nitrogens with zero attached hydrogens (tertiary/aromatic N) is 1. The van der Waals surface area contributed by atoms with Crippen molar-refractivity contribution in [2.24, 2.45) is 0 Å². The minimum absolute atomic E-state index is 0.00788. The van der Waals surface area contributed by atoms with Crippen LogP contribution >= 0.6 is 11.6 Å². The lowest BCUT2D eigenvalue weighted by atomic mass is 10.1. The van der Waals surface area contributed by atoms with Gasteiger partial charge in [-0.3, -0.25) is 9.69 Å². The number of carbonyl (C=O) groups excluding carboxylic acids is 4. The third-order valence-corrected chi connectivity index (χ3v) is 4.81. The highest BCUT2D eigenvalue weighted by Gasteiger charge is 2.34. The molecule has 0 unspecified atom stereocenters. The molecule has 11 nitrogen and oxygen atoms in total. The molecule has 0 saturated carbocycles. The molecule has 180 valence electrons. The van der Waals surface area contributed by atoms with Gasteiger partial charge in [-0.2, -0.15) is 0 Å². The summed E-state index contributed by atoms with van der Waals surface area (Å²) in [6, 6.07) is 5.22. The quantitative estimate of drug-likeness (QED) is 0.318. The number of ether oxygens (including phenoxy) is 4. The molecule has 1 aliphatic rings. The number of hydrogen-bond acceptors (Lipinski definition) is 9. The molecule has 0 atom stereocenters. The summed E-state index contributed by atoms with van der Waals surface area (Å²) in [6.45, 7) is 1.47. The third-order valence-electron chi connectivity index (χ3n) is 4.53. The molecule has 0 radical (unpaired) electrons. The number of benzene rings is 1. The summed E-state index contributed by atoms with van der Waals surface area (Å²) in [5, 5.41) is 2.61. The summed E-state index contributed by atoms with van der Waals surface area (Å²) in [7, 11) is 2.44. The smallest absolute Gasteiger partial charge is 0.373 e. The highest BCUT2D eigenvalue weighted by atomic mass is 35.5. The van der Waals surface area contributed by atoms with E-state index < -0.39 is 23.9 Å². The summed E-state index contributed by atoms with van der Waals surface area (Å²) in [5.41, 5.74) is 0.432. The van der Waals surface area contributed by atoms with Crippen LogP contribution in [-0.4, -0.2) is 56.2 Å². The van der Waals surface area contributed by atoms with Gasteiger partial charge in [0.1, 0.15) is 11.5 Å². The van der Waals surface area contributed by atoms with Crippen molar-refractivity contribution in [3.05, 3.63) is 52.1 Å². The van der Waals surface area contributed by atoms with Crippen molar-refractivity contribution in [2.45, 2.75) is 13.5 Å². The molecule has 34 heavy (non-hydrogen) atoms. The molecule has 1 aromatic heterocycles. The lowest BCUT2D eigenvalue weighted by Gasteiger charge is -2.14. The number of furan rings is 1. The molecule has 3 rings (SSSR count). The number of amides is 3. The van der Waals surface area contributed by atoms with Gasteiger partial charge in [0.25, 0.3) is 5.91 Å². The Morgan fingerprint density at radius 1 is 1.15 bits per heavy atom. The molecule has 1 fully saturated rings. The maximum Gasteiger partial charge on any atom is 0.373 e. The van der Waals surface area contributed by atoms with Crippen LogP contribution in [0.4, 0.5) is 4.79 Å². The lowest BCUT2D eigenvalue weighted by Crippen LogP contribution is -2.30. The van der Waals surface area contributed by atoms with Gasteiger partial charge in [-0.25, -0.2) is 14.4 Å². The maximum atomic E-state index is 12.8. The van der Waals surface area contributed by atoms with Crippen LogP contribution in [0, 0.1) is 0 Å². The lowest BCUT2D eigenvalue weighted by molar-refractivity contribution is -0.142. The Morgan fingerprint density at radius 2 is 1.91 bits per heavy atom. The molecule has 2 heterocycles. The molecular weight excluding hydrogens is 472 g/mol. The fourth-order valence-corrected chi connectivity index (χ4v) is 3.25. The maximum absolute atomic E-state index is 12.8. The van der Waals surface area contributed by atoms with E-state index in [0.717, 1.165) is 4.90 Å². The summed E-state index contributed by atoms with van der Waals surface area (Å²) < 4.78 is 25.4. The van der Waals surface area contributed by atoms with Gasteiger partial charge < -0.3 is 28.7 Å². The van der Waals surface area contributed by atoms with Gasteiger partial charge in [-0.1, -0.05) is 11.6 Å². The SMILES string of the molecule is CCOc1cc(C=C2NC(=O)N(Cc3ccc(C(=O)OC)o3)C2=O)cc(Cl)c1OCC(=O)OC. The van der Waals surface area contributed by atoms with Gasteiger partial charge in [0.15, 0.2) is 18.1 Å². The Kier molecular flexibility index (Phi) is 7.79. The van der Waals surface area contributed by atoms with E-state index in [-0.39, 0.29) is 53.5 Å². The van der Waals surface area contributed by atoms with Crippen molar-refractivity contribution in [3.63, 3.8) is 0 Å². The number of methoxy groups -OCH3 is 2. The van der Waals surface area contributed by atoms with E-state index in [1.165, 1.54) is 38.5 Å². The average Bonchev–Trinajstić information content (AvgIpc) is 3.38. The van der Waals surface area contributed by atoms with Gasteiger partial charge in [-0.15, -0.1) is 0 Å². The highest BCUT2D eigenvalue weighted by molar-refractivity contribution is 6.32. The summed E-state index contributed by atoms with van der Waals surface area (Å²) in [6.07, 6.45) is 1.42. The number of imide groups is 1. The third kappa shape index (κ3) is 5.49. The molecule has 0 aliphatic carbocycles. The second-order valence-electron chi connectivity index (χ2n) is 6.76. The molecule has 0 spiro atoms. The van der Waals surface area contributed by atoms with Crippen molar-refractivity contribution >= 4 is 41.6 Å². The Labute approximate surface area is 199 Å². The number of halogens is 1. The molecule has 0 bridgehead atoms. The molecular formula is C22H21ClN2O9. The van der Waals surface area contributed by atoms with E-state index in [0.29, 0.717) is 5.56 Å². The first kappa shape index (κ1) is 24.6. The van der Waals surface area contributed by atoms with E-state index in [4.69, 9.17) is 25.5 Å². The minimum atomic E-state index is -0.676. The van der Waals surface area contributed by atoms with Crippen molar-refractivity contribution in [1.82, 2.24) is 10.2 Å². The van der Waals surface area contributed by atoms with Crippen LogP contribution in [0.15, 0.2) is 34.4 Å². The van der Waals surface area contributed by atoms with Gasteiger partial charge in [0, 0.05) is 0 Å². The second kappa shape index (κ2) is 10.8. The first-order valence-corrected chi connectivity index (χ1v) is 10.3. The Bertz CT molecular complexity index is 1160. The summed E-state index contributed by atoms with van der Waals surface area (Å²) in [5.74, 6) is -1.33. The molecule has 3 amide bonds. The zero-order valence-corrected chi connectivity index (χ0v) is 19.3. The zero-order valence-electron chi connectivity index (χ0n) is 18.5. The highest BCUT2D eigenvalue weighted by Crippen LogP contribution is 2.37. The molecule has 2 aromatic rings. The molecule has 1 aromatic carbocycles. The topological polar surface area (TPSA) is 134 Å². The molecule has 1 N–H and O–H groups in total. The summed E-state index contributed by atoms with van der Waals surface area (Å²) >= 11 is 6.30. The van der Waals surface area contributed by atoms with Crippen LogP contribution in [0.25, 0.3) is 6.08 Å². The van der Waals surface area contributed by atoms with Crippen molar-refractivity contribution < 1.29 is 42.5 Å². The van der Waals surface area contributed by atoms with E-state index in [9.17, 15) is 19.2 Å². The van der Waals surface area contributed by atoms with Crippen LogP contribution in [0.1, 0.15) is 28.8 Å². The largest absolute Gasteiger partial charge is 0.490 e. The number of urea groups is 1. The van der Waals surface area contributed by atoms with Gasteiger partial charge in [0.05, 0.1) is 32.4 Å². The first-order valence-electron chi connectivity index (χ1n) is 9.94. The summed E-state index contributed by atoms with van der Waals surface area (Å²) in [4.78, 5) is 49.0. The number of rotatable bonds is 9. The van der Waals surface area contributed by atoms with E-state index in [1.807, 2.05) is 0 Å². The molecule has 1 saturated heterocycles. The molecule has 12 heteroatoms. The normalized spacial score (nSPS) is 14.2. The van der Waals surface area contributed by atoms with E-state index in [2.05, 4.69) is 14.8 Å². The second-order valence-corrected chi connectivity index (χ2v) is 7.17. The van der Waals surface area contributed by atoms with Gasteiger partial charge in [0.2, 0.25) is 5.76 Å². The van der Waals surface area contributed by atoms with E-state index in [1.54, 1.807) is 13.0 Å². The minimum Gasteiger partial charge on any atom is -0.490 e. The molecule has 1 aliphatic heterocycles. The van der Waals surface area contributed by atoms with Crippen molar-refractivity contribution in [2.75, 3.05) is 27.4 Å². The van der Waals surface area contributed by atoms with Crippen LogP contribution < -0.4 is 14.8 Å². The number of esters is 2.